The molecule has 0 spiro atoms. The van der Waals surface area contributed by atoms with Crippen LogP contribution in [0.4, 0.5) is 0 Å². The molecule has 0 unspecified atom stereocenters. The van der Waals surface area contributed by atoms with Crippen LogP contribution in [-0.4, -0.2) is 21.2 Å². The number of hydrogen-bond acceptors (Lipinski definition) is 6. The van der Waals surface area contributed by atoms with Crippen LogP contribution < -0.4 is 0 Å². The molecule has 3 aromatic heterocycles. The molecule has 0 aromatic carbocycles. The molecule has 3 aromatic rings. The molecule has 0 bridgehead atoms. The third-order valence-electron chi connectivity index (χ3n) is 2.11. The molecule has 0 saturated carbocycles. The molecule has 0 aliphatic rings. The molecular formula is C10H6ClN3O2S. The van der Waals surface area contributed by atoms with Crippen LogP contribution in [0.15, 0.2) is 32.4 Å². The maximum Gasteiger partial charge on any atom is 0.265 e. The fourth-order valence-corrected chi connectivity index (χ4v) is 1.98. The van der Waals surface area contributed by atoms with Crippen molar-refractivity contribution in [3.63, 3.8) is 0 Å². The van der Waals surface area contributed by atoms with Gasteiger partial charge < -0.3 is 8.83 Å². The standard InChI is InChI=1S/C10H6ClN3O2S/c1-17-10-13-7(11)6-9(14-10)16-8(12-6)5-3-2-4-15-5/h2-4H,1H3. The first-order chi connectivity index (χ1) is 8.28. The first-order valence-corrected chi connectivity index (χ1v) is 6.30. The van der Waals surface area contributed by atoms with Gasteiger partial charge in [-0.05, 0) is 18.4 Å². The summed E-state index contributed by atoms with van der Waals surface area (Å²) < 4.78 is 10.7. The van der Waals surface area contributed by atoms with E-state index in [-0.39, 0.29) is 5.15 Å². The molecule has 0 fully saturated rings. The summed E-state index contributed by atoms with van der Waals surface area (Å²) >= 11 is 7.38. The molecule has 3 heterocycles. The van der Waals surface area contributed by atoms with Gasteiger partial charge in [0.1, 0.15) is 0 Å². The maximum absolute atomic E-state index is 6.00. The lowest BCUT2D eigenvalue weighted by molar-refractivity contribution is 0.530. The zero-order valence-corrected chi connectivity index (χ0v) is 10.2. The highest BCUT2D eigenvalue weighted by atomic mass is 35.5. The minimum absolute atomic E-state index is 0.279. The van der Waals surface area contributed by atoms with Gasteiger partial charge in [0.2, 0.25) is 0 Å². The summed E-state index contributed by atoms with van der Waals surface area (Å²) in [6.07, 6.45) is 3.41. The van der Waals surface area contributed by atoms with Crippen LogP contribution in [-0.2, 0) is 0 Å². The summed E-state index contributed by atoms with van der Waals surface area (Å²) in [7, 11) is 0. The molecule has 0 amide bonds. The Kier molecular flexibility index (Phi) is 2.53. The van der Waals surface area contributed by atoms with E-state index in [1.165, 1.54) is 11.8 Å². The van der Waals surface area contributed by atoms with E-state index in [1.54, 1.807) is 18.4 Å². The lowest BCUT2D eigenvalue weighted by Gasteiger charge is -1.93. The van der Waals surface area contributed by atoms with Crippen LogP contribution >= 0.6 is 23.4 Å². The predicted octanol–water partition coefficient (Wildman–Crippen LogP) is 3.25. The van der Waals surface area contributed by atoms with Crippen molar-refractivity contribution < 1.29 is 8.83 Å². The normalized spacial score (nSPS) is 11.2. The van der Waals surface area contributed by atoms with Crippen molar-refractivity contribution in [2.45, 2.75) is 5.16 Å². The Morgan fingerprint density at radius 2 is 2.18 bits per heavy atom. The predicted molar refractivity (Wildman–Crippen MR) is 64.1 cm³/mol. The number of fused-ring (bicyclic) bond motifs is 1. The van der Waals surface area contributed by atoms with E-state index in [0.717, 1.165) is 0 Å². The van der Waals surface area contributed by atoms with Gasteiger partial charge in [0, 0.05) is 0 Å². The molecule has 17 heavy (non-hydrogen) atoms. The molecule has 0 radical (unpaired) electrons. The maximum atomic E-state index is 6.00. The summed E-state index contributed by atoms with van der Waals surface area (Å²) in [4.78, 5) is 12.5. The minimum atomic E-state index is 0.279. The van der Waals surface area contributed by atoms with Crippen LogP contribution in [0.5, 0.6) is 0 Å². The Hall–Kier alpha value is -1.53. The molecule has 3 rings (SSSR count). The topological polar surface area (TPSA) is 65.0 Å². The van der Waals surface area contributed by atoms with Crippen molar-refractivity contribution in [2.24, 2.45) is 0 Å². The highest BCUT2D eigenvalue weighted by molar-refractivity contribution is 7.98. The van der Waals surface area contributed by atoms with Gasteiger partial charge in [-0.25, -0.2) is 9.97 Å². The van der Waals surface area contributed by atoms with Crippen molar-refractivity contribution in [2.75, 3.05) is 6.26 Å². The van der Waals surface area contributed by atoms with E-state index < -0.39 is 0 Å². The Balaban J connectivity index is 2.22. The second-order valence-electron chi connectivity index (χ2n) is 3.15. The quantitative estimate of drug-likeness (QED) is 0.403. The van der Waals surface area contributed by atoms with Gasteiger partial charge >= 0.3 is 0 Å². The SMILES string of the molecule is CSc1nc(Cl)c2nc(-c3ccco3)oc2n1. The largest absolute Gasteiger partial charge is 0.459 e. The van der Waals surface area contributed by atoms with E-state index in [2.05, 4.69) is 15.0 Å². The number of thioether (sulfide) groups is 1. The lowest BCUT2D eigenvalue weighted by atomic mass is 10.4. The monoisotopic (exact) mass is 267 g/mol. The zero-order chi connectivity index (χ0) is 11.8. The van der Waals surface area contributed by atoms with Gasteiger partial charge in [-0.1, -0.05) is 23.4 Å². The summed E-state index contributed by atoms with van der Waals surface area (Å²) in [5.41, 5.74) is 0.802. The van der Waals surface area contributed by atoms with Crippen molar-refractivity contribution in [1.29, 1.82) is 0 Å². The lowest BCUT2D eigenvalue weighted by Crippen LogP contribution is -1.86. The van der Waals surface area contributed by atoms with Crippen molar-refractivity contribution in [3.8, 4) is 11.7 Å². The number of halogens is 1. The number of nitrogens with zero attached hydrogens (tertiary/aromatic N) is 3. The van der Waals surface area contributed by atoms with E-state index >= 15 is 0 Å². The van der Waals surface area contributed by atoms with Crippen LogP contribution in [0.25, 0.3) is 22.9 Å². The van der Waals surface area contributed by atoms with Crippen molar-refractivity contribution in [3.05, 3.63) is 23.5 Å². The molecule has 0 aliphatic carbocycles. The van der Waals surface area contributed by atoms with Gasteiger partial charge in [0.15, 0.2) is 21.6 Å². The summed E-state index contributed by atoms with van der Waals surface area (Å²) in [5.74, 6) is 0.879. The number of aromatic nitrogens is 3. The van der Waals surface area contributed by atoms with E-state index in [0.29, 0.717) is 28.0 Å². The Morgan fingerprint density at radius 3 is 2.88 bits per heavy atom. The van der Waals surface area contributed by atoms with Crippen LogP contribution in [0.3, 0.4) is 0 Å². The van der Waals surface area contributed by atoms with Crippen LogP contribution in [0.2, 0.25) is 5.15 Å². The van der Waals surface area contributed by atoms with Crippen molar-refractivity contribution >= 4 is 34.6 Å². The number of furan rings is 1. The molecule has 86 valence electrons. The molecule has 7 heteroatoms. The Bertz CT molecular complexity index is 666. The third-order valence-corrected chi connectivity index (χ3v) is 2.92. The fraction of sp³-hybridized carbons (Fsp3) is 0.100. The molecule has 0 atom stereocenters. The minimum Gasteiger partial charge on any atom is -0.459 e. The van der Waals surface area contributed by atoms with Gasteiger partial charge in [0.25, 0.3) is 11.6 Å². The molecular weight excluding hydrogens is 262 g/mol. The van der Waals surface area contributed by atoms with Gasteiger partial charge in [-0.15, -0.1) is 0 Å². The number of rotatable bonds is 2. The second kappa shape index (κ2) is 4.05. The van der Waals surface area contributed by atoms with Gasteiger partial charge in [-0.2, -0.15) is 4.98 Å². The highest BCUT2D eigenvalue weighted by Crippen LogP contribution is 2.28. The van der Waals surface area contributed by atoms with E-state index in [9.17, 15) is 0 Å². The smallest absolute Gasteiger partial charge is 0.265 e. The molecule has 0 N–H and O–H groups in total. The fourth-order valence-electron chi connectivity index (χ4n) is 1.37. The molecule has 0 saturated heterocycles. The Morgan fingerprint density at radius 1 is 1.29 bits per heavy atom. The third kappa shape index (κ3) is 1.79. The van der Waals surface area contributed by atoms with Crippen LogP contribution in [0.1, 0.15) is 0 Å². The van der Waals surface area contributed by atoms with Crippen molar-refractivity contribution in [1.82, 2.24) is 15.0 Å². The van der Waals surface area contributed by atoms with Crippen LogP contribution in [0, 0.1) is 0 Å². The average molecular weight is 268 g/mol. The molecule has 5 nitrogen and oxygen atoms in total. The summed E-state index contributed by atoms with van der Waals surface area (Å²) in [6, 6.07) is 3.51. The van der Waals surface area contributed by atoms with Gasteiger partial charge in [-0.3, -0.25) is 0 Å². The summed E-state index contributed by atoms with van der Waals surface area (Å²) in [6.45, 7) is 0. The summed E-state index contributed by atoms with van der Waals surface area (Å²) in [5, 5.41) is 0.825. The Labute approximate surface area is 105 Å². The first-order valence-electron chi connectivity index (χ1n) is 4.70. The highest BCUT2D eigenvalue weighted by Gasteiger charge is 2.15. The first kappa shape index (κ1) is 10.6. The van der Waals surface area contributed by atoms with E-state index in [1.807, 2.05) is 6.26 Å². The average Bonchev–Trinajstić information content (AvgIpc) is 2.96. The zero-order valence-electron chi connectivity index (χ0n) is 8.68. The van der Waals surface area contributed by atoms with E-state index in [4.69, 9.17) is 20.4 Å². The van der Waals surface area contributed by atoms with Gasteiger partial charge in [0.05, 0.1) is 6.26 Å². The molecule has 0 aliphatic heterocycles. The second-order valence-corrected chi connectivity index (χ2v) is 4.28. The number of hydrogen-bond donors (Lipinski definition) is 0. The number of oxazole rings is 1.